The molecular weight excluding hydrogens is 240 g/mol. The summed E-state index contributed by atoms with van der Waals surface area (Å²) in [4.78, 5) is 16.6. The Morgan fingerprint density at radius 2 is 2.16 bits per heavy atom. The van der Waals surface area contributed by atoms with E-state index >= 15 is 0 Å². The van der Waals surface area contributed by atoms with Gasteiger partial charge in [0.25, 0.3) is 0 Å². The molecule has 0 aromatic rings. The van der Waals surface area contributed by atoms with Gasteiger partial charge >= 0.3 is 0 Å². The Balaban J connectivity index is 1.77. The van der Waals surface area contributed by atoms with Crippen LogP contribution in [0.5, 0.6) is 0 Å². The molecule has 1 saturated heterocycles. The van der Waals surface area contributed by atoms with Crippen molar-refractivity contribution in [3.05, 3.63) is 0 Å². The van der Waals surface area contributed by atoms with Gasteiger partial charge in [-0.25, -0.2) is 0 Å². The van der Waals surface area contributed by atoms with Crippen LogP contribution in [0.2, 0.25) is 0 Å². The smallest absolute Gasteiger partial charge is 0.230 e. The summed E-state index contributed by atoms with van der Waals surface area (Å²) in [7, 11) is 4.07. The normalized spacial score (nSPS) is 26.8. The zero-order chi connectivity index (χ0) is 13.9. The lowest BCUT2D eigenvalue weighted by Gasteiger charge is -2.41. The van der Waals surface area contributed by atoms with Crippen molar-refractivity contribution in [2.24, 2.45) is 11.3 Å². The van der Waals surface area contributed by atoms with Crippen molar-refractivity contribution >= 4 is 5.91 Å². The van der Waals surface area contributed by atoms with Gasteiger partial charge in [0.05, 0.1) is 12.0 Å². The van der Waals surface area contributed by atoms with Crippen molar-refractivity contribution in [2.75, 3.05) is 40.3 Å². The van der Waals surface area contributed by atoms with E-state index in [2.05, 4.69) is 11.9 Å². The molecule has 2 rings (SSSR count). The third-order valence-corrected chi connectivity index (χ3v) is 5.01. The number of likely N-dealkylation sites (tertiary alicyclic amines) is 1. The van der Waals surface area contributed by atoms with Gasteiger partial charge in [-0.15, -0.1) is 0 Å². The molecule has 1 N–H and O–H groups in total. The monoisotopic (exact) mass is 268 g/mol. The number of rotatable bonds is 5. The minimum Gasteiger partial charge on any atom is -0.395 e. The van der Waals surface area contributed by atoms with Crippen LogP contribution < -0.4 is 0 Å². The third-order valence-electron chi connectivity index (χ3n) is 5.01. The molecule has 2 aliphatic rings. The first-order chi connectivity index (χ1) is 9.07. The van der Waals surface area contributed by atoms with Gasteiger partial charge in [0.2, 0.25) is 5.91 Å². The molecule has 0 spiro atoms. The fraction of sp³-hybridized carbons (Fsp3) is 0.933. The minimum atomic E-state index is -0.432. The Morgan fingerprint density at radius 3 is 2.68 bits per heavy atom. The summed E-state index contributed by atoms with van der Waals surface area (Å²) in [5.41, 5.74) is -0.432. The van der Waals surface area contributed by atoms with Gasteiger partial charge in [0.15, 0.2) is 0 Å². The summed E-state index contributed by atoms with van der Waals surface area (Å²) in [6.07, 6.45) is 6.45. The first kappa shape index (κ1) is 14.8. The predicted molar refractivity (Wildman–Crippen MR) is 75.8 cm³/mol. The van der Waals surface area contributed by atoms with E-state index in [4.69, 9.17) is 0 Å². The largest absolute Gasteiger partial charge is 0.395 e. The lowest BCUT2D eigenvalue weighted by Crippen LogP contribution is -2.49. The molecule has 1 amide bonds. The van der Waals surface area contributed by atoms with Crippen LogP contribution in [0.25, 0.3) is 0 Å². The highest BCUT2D eigenvalue weighted by Gasteiger charge is 2.44. The van der Waals surface area contributed by atoms with Crippen LogP contribution in [0.15, 0.2) is 0 Å². The molecule has 4 heteroatoms. The molecule has 19 heavy (non-hydrogen) atoms. The maximum atomic E-state index is 12.4. The second kappa shape index (κ2) is 6.23. The summed E-state index contributed by atoms with van der Waals surface area (Å²) >= 11 is 0. The molecule has 0 aromatic carbocycles. The Labute approximate surface area is 116 Å². The van der Waals surface area contributed by atoms with Crippen molar-refractivity contribution in [3.63, 3.8) is 0 Å². The molecule has 1 heterocycles. The Bertz CT molecular complexity index is 310. The quantitative estimate of drug-likeness (QED) is 0.818. The lowest BCUT2D eigenvalue weighted by molar-refractivity contribution is -0.149. The molecule has 110 valence electrons. The van der Waals surface area contributed by atoms with E-state index < -0.39 is 5.41 Å². The average molecular weight is 268 g/mol. The molecule has 1 aliphatic heterocycles. The molecule has 0 bridgehead atoms. The van der Waals surface area contributed by atoms with Gasteiger partial charge in [-0.1, -0.05) is 6.42 Å². The Hall–Kier alpha value is -0.610. The number of carbonyl (C=O) groups is 1. The lowest BCUT2D eigenvalue weighted by atomic mass is 9.68. The van der Waals surface area contributed by atoms with Gasteiger partial charge < -0.3 is 14.9 Å². The first-order valence-electron chi connectivity index (χ1n) is 7.62. The average Bonchev–Trinajstić information content (AvgIpc) is 2.35. The number of aliphatic hydroxyl groups is 1. The van der Waals surface area contributed by atoms with E-state index in [1.165, 1.54) is 19.4 Å². The molecule has 2 fully saturated rings. The van der Waals surface area contributed by atoms with Crippen LogP contribution in [0.4, 0.5) is 0 Å². The highest BCUT2D eigenvalue weighted by atomic mass is 16.3. The number of amides is 1. The summed E-state index contributed by atoms with van der Waals surface area (Å²) in [6, 6.07) is 0. The zero-order valence-electron chi connectivity index (χ0n) is 12.4. The number of carbonyl (C=O) groups excluding carboxylic acids is 1. The molecule has 0 radical (unpaired) electrons. The van der Waals surface area contributed by atoms with Gasteiger partial charge in [0.1, 0.15) is 0 Å². The zero-order valence-corrected chi connectivity index (χ0v) is 12.4. The number of piperidine rings is 1. The van der Waals surface area contributed by atoms with E-state index in [0.29, 0.717) is 0 Å². The van der Waals surface area contributed by atoms with Crippen molar-refractivity contribution < 1.29 is 9.90 Å². The molecule has 1 aliphatic carbocycles. The van der Waals surface area contributed by atoms with Crippen molar-refractivity contribution in [3.8, 4) is 0 Å². The summed E-state index contributed by atoms with van der Waals surface area (Å²) < 4.78 is 0. The van der Waals surface area contributed by atoms with Crippen LogP contribution in [-0.2, 0) is 4.79 Å². The third kappa shape index (κ3) is 3.29. The second-order valence-corrected chi connectivity index (χ2v) is 6.58. The molecule has 1 unspecified atom stereocenters. The summed E-state index contributed by atoms with van der Waals surface area (Å²) in [5, 5.41) is 9.45. The number of aliphatic hydroxyl groups excluding tert-OH is 1. The first-order valence-corrected chi connectivity index (χ1v) is 7.62. The van der Waals surface area contributed by atoms with Gasteiger partial charge in [0, 0.05) is 20.1 Å². The second-order valence-electron chi connectivity index (χ2n) is 6.58. The highest BCUT2D eigenvalue weighted by Crippen LogP contribution is 2.41. The predicted octanol–water partition coefficient (Wildman–Crippen LogP) is 1.34. The van der Waals surface area contributed by atoms with E-state index in [1.54, 1.807) is 0 Å². The van der Waals surface area contributed by atoms with Crippen molar-refractivity contribution in [1.82, 2.24) is 9.80 Å². The number of nitrogens with zero attached hydrogens (tertiary/aromatic N) is 2. The van der Waals surface area contributed by atoms with Crippen LogP contribution in [0, 0.1) is 11.3 Å². The number of hydrogen-bond donors (Lipinski definition) is 1. The Morgan fingerprint density at radius 1 is 1.42 bits per heavy atom. The SMILES string of the molecule is CN1CCCC(CCN(C)C(=O)C2(CO)CCC2)C1. The van der Waals surface area contributed by atoms with Crippen LogP contribution >= 0.6 is 0 Å². The molecule has 0 aromatic heterocycles. The Kier molecular flexibility index (Phi) is 4.85. The van der Waals surface area contributed by atoms with E-state index in [9.17, 15) is 9.90 Å². The minimum absolute atomic E-state index is 0.0162. The molecule has 1 saturated carbocycles. The highest BCUT2D eigenvalue weighted by molar-refractivity contribution is 5.83. The fourth-order valence-corrected chi connectivity index (χ4v) is 3.43. The molecule has 4 nitrogen and oxygen atoms in total. The van der Waals surface area contributed by atoms with Gasteiger partial charge in [-0.3, -0.25) is 4.79 Å². The van der Waals surface area contributed by atoms with Crippen LogP contribution in [-0.4, -0.2) is 61.2 Å². The standard InChI is InChI=1S/C15H28N2O2/c1-16-9-3-5-13(11-16)6-10-17(2)14(19)15(12-18)7-4-8-15/h13,18H,3-12H2,1-2H3. The van der Waals surface area contributed by atoms with E-state index in [0.717, 1.165) is 44.7 Å². The van der Waals surface area contributed by atoms with Gasteiger partial charge in [-0.05, 0) is 51.6 Å². The maximum Gasteiger partial charge on any atom is 0.230 e. The van der Waals surface area contributed by atoms with Gasteiger partial charge in [-0.2, -0.15) is 0 Å². The maximum absolute atomic E-state index is 12.4. The van der Waals surface area contributed by atoms with Crippen LogP contribution in [0.3, 0.4) is 0 Å². The molecule has 1 atom stereocenters. The van der Waals surface area contributed by atoms with Crippen LogP contribution in [0.1, 0.15) is 38.5 Å². The van der Waals surface area contributed by atoms with E-state index in [1.807, 2.05) is 11.9 Å². The van der Waals surface area contributed by atoms with E-state index in [-0.39, 0.29) is 12.5 Å². The van der Waals surface area contributed by atoms with Crippen molar-refractivity contribution in [2.45, 2.75) is 38.5 Å². The van der Waals surface area contributed by atoms with Crippen molar-refractivity contribution in [1.29, 1.82) is 0 Å². The topological polar surface area (TPSA) is 43.8 Å². The fourth-order valence-electron chi connectivity index (χ4n) is 3.43. The number of hydrogen-bond acceptors (Lipinski definition) is 3. The summed E-state index contributed by atoms with van der Waals surface area (Å²) in [5.74, 6) is 0.880. The molecular formula is C15H28N2O2. The summed E-state index contributed by atoms with van der Waals surface area (Å²) in [6.45, 7) is 3.22.